The summed E-state index contributed by atoms with van der Waals surface area (Å²) in [5.41, 5.74) is 5.11. The second-order valence-electron chi connectivity index (χ2n) is 3.78. The van der Waals surface area contributed by atoms with E-state index in [1.54, 1.807) is 0 Å². The van der Waals surface area contributed by atoms with Gasteiger partial charge in [-0.1, -0.05) is 24.3 Å². The minimum atomic E-state index is 1.26. The van der Waals surface area contributed by atoms with E-state index in [-0.39, 0.29) is 0 Å². The van der Waals surface area contributed by atoms with E-state index in [0.717, 1.165) is 0 Å². The third-order valence-corrected chi connectivity index (χ3v) is 2.90. The predicted molar refractivity (Wildman–Crippen MR) is 62.5 cm³/mol. The largest absolute Gasteiger partial charge is 0.347 e. The maximum Gasteiger partial charge on any atom is 0.0486 e. The Morgan fingerprint density at radius 3 is 2.64 bits per heavy atom. The Kier molecular flexibility index (Phi) is 1.95. The van der Waals surface area contributed by atoms with Gasteiger partial charge in [0.2, 0.25) is 0 Å². The van der Waals surface area contributed by atoms with Crippen LogP contribution in [-0.4, -0.2) is 4.57 Å². The molecule has 1 heteroatoms. The van der Waals surface area contributed by atoms with Gasteiger partial charge in [0.15, 0.2) is 0 Å². The van der Waals surface area contributed by atoms with Gasteiger partial charge in [0.1, 0.15) is 0 Å². The number of aromatic nitrogens is 1. The van der Waals surface area contributed by atoms with Crippen molar-refractivity contribution in [1.82, 2.24) is 4.57 Å². The number of benzene rings is 1. The lowest BCUT2D eigenvalue weighted by Crippen LogP contribution is -1.89. The molecule has 0 aliphatic heterocycles. The molecule has 1 heterocycles. The molecule has 2 rings (SSSR count). The van der Waals surface area contributed by atoms with E-state index in [9.17, 15) is 0 Å². The van der Waals surface area contributed by atoms with Crippen molar-refractivity contribution in [1.29, 1.82) is 0 Å². The molecule has 1 aromatic heterocycles. The minimum Gasteiger partial charge on any atom is -0.347 e. The fourth-order valence-corrected chi connectivity index (χ4v) is 1.97. The lowest BCUT2D eigenvalue weighted by atomic mass is 10.1. The van der Waals surface area contributed by atoms with Crippen molar-refractivity contribution < 1.29 is 0 Å². The molecule has 0 saturated carbocycles. The molecule has 0 aliphatic rings. The van der Waals surface area contributed by atoms with Crippen molar-refractivity contribution in [3.63, 3.8) is 0 Å². The molecule has 2 aromatic rings. The van der Waals surface area contributed by atoms with Gasteiger partial charge in [-0.05, 0) is 26.0 Å². The maximum absolute atomic E-state index is 3.87. The topological polar surface area (TPSA) is 4.93 Å². The van der Waals surface area contributed by atoms with Crippen molar-refractivity contribution in [2.45, 2.75) is 13.8 Å². The summed E-state index contributed by atoms with van der Waals surface area (Å²) < 4.78 is 2.21. The summed E-state index contributed by atoms with van der Waals surface area (Å²) in [4.78, 5) is 0. The number of hydrogen-bond acceptors (Lipinski definition) is 0. The monoisotopic (exact) mass is 185 g/mol. The van der Waals surface area contributed by atoms with E-state index >= 15 is 0 Å². The fraction of sp³-hybridized carbons (Fsp3) is 0.231. The predicted octanol–water partition coefficient (Wildman–Crippen LogP) is 3.44. The molecule has 1 aromatic carbocycles. The zero-order valence-electron chi connectivity index (χ0n) is 8.96. The molecule has 14 heavy (non-hydrogen) atoms. The van der Waals surface area contributed by atoms with Crippen LogP contribution in [0.3, 0.4) is 0 Å². The van der Waals surface area contributed by atoms with Crippen molar-refractivity contribution in [3.05, 3.63) is 41.6 Å². The van der Waals surface area contributed by atoms with Crippen molar-refractivity contribution >= 4 is 17.0 Å². The first-order valence-corrected chi connectivity index (χ1v) is 4.83. The number of fused-ring (bicyclic) bond motifs is 1. The van der Waals surface area contributed by atoms with E-state index in [4.69, 9.17) is 0 Å². The highest BCUT2D eigenvalue weighted by molar-refractivity contribution is 5.91. The van der Waals surface area contributed by atoms with Crippen LogP contribution >= 0.6 is 0 Å². The second-order valence-corrected chi connectivity index (χ2v) is 3.78. The Labute approximate surface area is 84.7 Å². The maximum atomic E-state index is 3.87. The van der Waals surface area contributed by atoms with E-state index in [2.05, 4.69) is 50.2 Å². The Balaban J connectivity index is 2.96. The lowest BCUT2D eigenvalue weighted by Gasteiger charge is -1.98. The number of aryl methyl sites for hydroxylation is 2. The molecule has 72 valence electrons. The van der Waals surface area contributed by atoms with Gasteiger partial charge in [-0.2, -0.15) is 0 Å². The molecule has 0 spiro atoms. The Bertz CT molecular complexity index is 503. The Hall–Kier alpha value is -1.50. The zero-order valence-corrected chi connectivity index (χ0v) is 8.96. The molecule has 0 saturated heterocycles. The summed E-state index contributed by atoms with van der Waals surface area (Å²) in [6.07, 6.45) is 1.94. The average Bonchev–Trinajstić information content (AvgIpc) is 2.39. The smallest absolute Gasteiger partial charge is 0.0486 e. The van der Waals surface area contributed by atoms with E-state index < -0.39 is 0 Å². The summed E-state index contributed by atoms with van der Waals surface area (Å²) >= 11 is 0. The highest BCUT2D eigenvalue weighted by Crippen LogP contribution is 2.26. The van der Waals surface area contributed by atoms with Crippen LogP contribution in [0.25, 0.3) is 17.0 Å². The average molecular weight is 185 g/mol. The van der Waals surface area contributed by atoms with E-state index in [0.29, 0.717) is 0 Å². The molecule has 1 nitrogen and oxygen atoms in total. The minimum absolute atomic E-state index is 1.26. The van der Waals surface area contributed by atoms with Crippen LogP contribution in [0, 0.1) is 13.8 Å². The summed E-state index contributed by atoms with van der Waals surface area (Å²) in [7, 11) is 2.10. The molecule has 0 N–H and O–H groups in total. The van der Waals surface area contributed by atoms with Crippen molar-refractivity contribution in [2.24, 2.45) is 7.05 Å². The van der Waals surface area contributed by atoms with Crippen LogP contribution in [0.5, 0.6) is 0 Å². The highest BCUT2D eigenvalue weighted by Gasteiger charge is 2.08. The normalized spacial score (nSPS) is 10.8. The van der Waals surface area contributed by atoms with Gasteiger partial charge < -0.3 is 4.57 Å². The van der Waals surface area contributed by atoms with Crippen molar-refractivity contribution in [3.8, 4) is 0 Å². The SMILES string of the molecule is C=Cc1c(C)n(C)c2ccc(C)cc12. The van der Waals surface area contributed by atoms with Crippen molar-refractivity contribution in [2.75, 3.05) is 0 Å². The first kappa shape index (κ1) is 9.07. The quantitative estimate of drug-likeness (QED) is 0.641. The summed E-state index contributed by atoms with van der Waals surface area (Å²) in [6, 6.07) is 6.54. The summed E-state index contributed by atoms with van der Waals surface area (Å²) in [5.74, 6) is 0. The van der Waals surface area contributed by atoms with Gasteiger partial charge >= 0.3 is 0 Å². The third-order valence-electron chi connectivity index (χ3n) is 2.90. The van der Waals surface area contributed by atoms with Crippen LogP contribution in [0.4, 0.5) is 0 Å². The standard InChI is InChI=1S/C13H15N/c1-5-11-10(3)14(4)13-7-6-9(2)8-12(11)13/h5-8H,1H2,2-4H3. The number of hydrogen-bond donors (Lipinski definition) is 0. The van der Waals surface area contributed by atoms with Crippen LogP contribution in [0.2, 0.25) is 0 Å². The zero-order chi connectivity index (χ0) is 10.3. The molecule has 0 bridgehead atoms. The molecule has 0 unspecified atom stereocenters. The van der Waals surface area contributed by atoms with Gasteiger partial charge in [-0.25, -0.2) is 0 Å². The molecule has 0 fully saturated rings. The van der Waals surface area contributed by atoms with Gasteiger partial charge in [-0.3, -0.25) is 0 Å². The first-order valence-electron chi connectivity index (χ1n) is 4.83. The molecular weight excluding hydrogens is 170 g/mol. The second kappa shape index (κ2) is 3.02. The molecule has 0 atom stereocenters. The highest BCUT2D eigenvalue weighted by atomic mass is 14.9. The first-order chi connectivity index (χ1) is 6.65. The lowest BCUT2D eigenvalue weighted by molar-refractivity contribution is 0.916. The van der Waals surface area contributed by atoms with E-state index in [1.165, 1.54) is 27.7 Å². The van der Waals surface area contributed by atoms with Gasteiger partial charge in [-0.15, -0.1) is 0 Å². The van der Waals surface area contributed by atoms with Gasteiger partial charge in [0, 0.05) is 29.2 Å². The van der Waals surface area contributed by atoms with Gasteiger partial charge in [0.05, 0.1) is 0 Å². The molecular formula is C13H15N. The molecule has 0 aliphatic carbocycles. The Morgan fingerprint density at radius 2 is 2.00 bits per heavy atom. The van der Waals surface area contributed by atoms with E-state index in [1.807, 2.05) is 6.08 Å². The van der Waals surface area contributed by atoms with Gasteiger partial charge in [0.25, 0.3) is 0 Å². The van der Waals surface area contributed by atoms with Crippen LogP contribution in [-0.2, 0) is 7.05 Å². The number of rotatable bonds is 1. The van der Waals surface area contributed by atoms with Crippen LogP contribution in [0.1, 0.15) is 16.8 Å². The van der Waals surface area contributed by atoms with Crippen LogP contribution < -0.4 is 0 Å². The Morgan fingerprint density at radius 1 is 1.29 bits per heavy atom. The summed E-state index contributed by atoms with van der Waals surface area (Å²) in [5, 5.41) is 1.31. The fourth-order valence-electron chi connectivity index (χ4n) is 1.97. The number of nitrogens with zero attached hydrogens (tertiary/aromatic N) is 1. The third kappa shape index (κ3) is 1.09. The molecule has 0 amide bonds. The van der Waals surface area contributed by atoms with Crippen LogP contribution in [0.15, 0.2) is 24.8 Å². The summed E-state index contributed by atoms with van der Waals surface area (Å²) in [6.45, 7) is 8.12. The molecule has 0 radical (unpaired) electrons.